The molecule has 0 unspecified atom stereocenters. The average molecular weight is 372 g/mol. The molecule has 0 fully saturated rings. The van der Waals surface area contributed by atoms with Crippen LogP contribution in [0.3, 0.4) is 0 Å². The first-order chi connectivity index (χ1) is 12.8. The third kappa shape index (κ3) is 9.99. The van der Waals surface area contributed by atoms with Crippen molar-refractivity contribution in [3.8, 4) is 6.07 Å². The van der Waals surface area contributed by atoms with E-state index in [9.17, 15) is 4.79 Å². The van der Waals surface area contributed by atoms with Crippen molar-refractivity contribution in [3.05, 3.63) is 46.6 Å². The number of hydrogen-bond acceptors (Lipinski definition) is 3. The molecule has 1 rings (SSSR count). The highest BCUT2D eigenvalue weighted by Gasteiger charge is 2.26. The van der Waals surface area contributed by atoms with E-state index in [-0.39, 0.29) is 12.0 Å². The molecule has 27 heavy (non-hydrogen) atoms. The predicted molar refractivity (Wildman–Crippen MR) is 114 cm³/mol. The van der Waals surface area contributed by atoms with E-state index in [0.29, 0.717) is 0 Å². The van der Waals surface area contributed by atoms with E-state index >= 15 is 0 Å². The van der Waals surface area contributed by atoms with Crippen LogP contribution in [0.25, 0.3) is 0 Å². The van der Waals surface area contributed by atoms with Crippen LogP contribution in [0.1, 0.15) is 80.6 Å². The van der Waals surface area contributed by atoms with Crippen molar-refractivity contribution < 1.29 is 9.53 Å². The van der Waals surface area contributed by atoms with E-state index in [0.717, 1.165) is 18.4 Å². The van der Waals surface area contributed by atoms with E-state index < -0.39 is 5.97 Å². The lowest BCUT2D eigenvalue weighted by molar-refractivity contribution is -0.135. The third-order valence-electron chi connectivity index (χ3n) is 4.80. The van der Waals surface area contributed by atoms with Gasteiger partial charge in [0.1, 0.15) is 6.61 Å². The van der Waals surface area contributed by atoms with Gasteiger partial charge in [-0.2, -0.15) is 5.26 Å². The molecule has 0 spiro atoms. The molecule has 0 saturated carbocycles. The van der Waals surface area contributed by atoms with Gasteiger partial charge in [0.2, 0.25) is 0 Å². The molecule has 0 radical (unpaired) electrons. The molecule has 3 nitrogen and oxygen atoms in total. The molecular weight excluding hydrogens is 334 g/mol. The van der Waals surface area contributed by atoms with Gasteiger partial charge in [-0.15, -0.1) is 0 Å². The number of carbonyl (C=O) groups is 1. The summed E-state index contributed by atoms with van der Waals surface area (Å²) < 4.78 is 4.72. The molecule has 0 bridgehead atoms. The highest BCUT2D eigenvalue weighted by atomic mass is 16.5. The molecule has 0 aromatic carbocycles. The van der Waals surface area contributed by atoms with Crippen molar-refractivity contribution >= 4 is 5.97 Å². The summed E-state index contributed by atoms with van der Waals surface area (Å²) in [5.41, 5.74) is 5.71. The summed E-state index contributed by atoms with van der Waals surface area (Å²) in [7, 11) is 0. The van der Waals surface area contributed by atoms with Crippen molar-refractivity contribution in [2.45, 2.75) is 80.6 Å². The Balaban J connectivity index is 0.00000326. The van der Waals surface area contributed by atoms with Gasteiger partial charge in [0.05, 0.1) is 0 Å². The van der Waals surface area contributed by atoms with Crippen LogP contribution in [0, 0.1) is 16.7 Å². The lowest BCUT2D eigenvalue weighted by Gasteiger charge is -2.32. The molecule has 1 aliphatic carbocycles. The first-order valence-electron chi connectivity index (χ1n) is 10.0. The zero-order valence-corrected chi connectivity index (χ0v) is 18.3. The van der Waals surface area contributed by atoms with Crippen LogP contribution < -0.4 is 0 Å². The zero-order valence-electron chi connectivity index (χ0n) is 18.3. The second kappa shape index (κ2) is 13.1. The minimum absolute atomic E-state index is 0.170. The molecule has 150 valence electrons. The number of esters is 1. The number of carbonyl (C=O) groups excluding carboxylic acids is 1. The summed E-state index contributed by atoms with van der Waals surface area (Å²) >= 11 is 0. The lowest BCUT2D eigenvalue weighted by atomic mass is 9.72. The molecular formula is C24H37NO2. The van der Waals surface area contributed by atoms with E-state index in [1.807, 2.05) is 26.8 Å². The van der Waals surface area contributed by atoms with E-state index in [1.54, 1.807) is 0 Å². The fraction of sp³-hybridized carbons (Fsp3) is 0.583. The number of allylic oxidation sites excluding steroid dienone is 7. The van der Waals surface area contributed by atoms with Gasteiger partial charge in [0.15, 0.2) is 6.07 Å². The molecule has 0 atom stereocenters. The van der Waals surface area contributed by atoms with Crippen LogP contribution in [0.2, 0.25) is 0 Å². The summed E-state index contributed by atoms with van der Waals surface area (Å²) in [5.74, 6) is -0.833. The Morgan fingerprint density at radius 1 is 1.26 bits per heavy atom. The highest BCUT2D eigenvalue weighted by Crippen LogP contribution is 2.40. The SMILES string of the molecule is CC.CC1=C(/C=C/C(C)=C/CC/C(C)=C/COC(=O)C#N)C(C)(C)CCC1. The Bertz CT molecular complexity index is 640. The number of nitriles is 1. The molecule has 0 aromatic rings. The maximum atomic E-state index is 10.7. The lowest BCUT2D eigenvalue weighted by Crippen LogP contribution is -2.19. The molecule has 0 aliphatic heterocycles. The Kier molecular flexibility index (Phi) is 12.1. The van der Waals surface area contributed by atoms with Crippen LogP contribution in [-0.4, -0.2) is 12.6 Å². The van der Waals surface area contributed by atoms with Crippen LogP contribution >= 0.6 is 0 Å². The Morgan fingerprint density at radius 2 is 1.93 bits per heavy atom. The second-order valence-electron chi connectivity index (χ2n) is 7.51. The van der Waals surface area contributed by atoms with Crippen LogP contribution in [0.5, 0.6) is 0 Å². The Labute approximate surface area is 166 Å². The monoisotopic (exact) mass is 371 g/mol. The number of hydrogen-bond donors (Lipinski definition) is 0. The van der Waals surface area contributed by atoms with Gasteiger partial charge in [-0.05, 0) is 69.9 Å². The standard InChI is InChI=1S/C22H31NO2.C2H6/c1-17(8-6-9-18(2)13-15-25-21(24)16-23)11-12-20-19(3)10-7-14-22(20,4)5;1-2/h8,11-13H,6-7,9-10,14-15H2,1-5H3;1-2H3/b12-11+,17-8+,18-13+;. The van der Waals surface area contributed by atoms with Crippen molar-refractivity contribution in [1.29, 1.82) is 5.26 Å². The first kappa shape index (κ1) is 24.9. The molecule has 0 amide bonds. The Hall–Kier alpha value is -2.08. The van der Waals surface area contributed by atoms with Crippen molar-refractivity contribution in [1.82, 2.24) is 0 Å². The molecule has 0 N–H and O–H groups in total. The van der Waals surface area contributed by atoms with Crippen LogP contribution in [0.4, 0.5) is 0 Å². The molecule has 0 heterocycles. The van der Waals surface area contributed by atoms with Gasteiger partial charge < -0.3 is 4.74 Å². The van der Waals surface area contributed by atoms with Crippen molar-refractivity contribution in [3.63, 3.8) is 0 Å². The third-order valence-corrected chi connectivity index (χ3v) is 4.80. The van der Waals surface area contributed by atoms with Gasteiger partial charge in [-0.1, -0.05) is 62.6 Å². The normalized spacial score (nSPS) is 17.3. The molecule has 0 saturated heterocycles. The maximum Gasteiger partial charge on any atom is 0.411 e. The van der Waals surface area contributed by atoms with E-state index in [1.165, 1.54) is 42.1 Å². The predicted octanol–water partition coefficient (Wildman–Crippen LogP) is 6.83. The first-order valence-corrected chi connectivity index (χ1v) is 10.0. The Morgan fingerprint density at radius 3 is 2.52 bits per heavy atom. The number of ether oxygens (including phenoxy) is 1. The summed E-state index contributed by atoms with van der Waals surface area (Å²) in [5, 5.41) is 8.33. The topological polar surface area (TPSA) is 50.1 Å². The fourth-order valence-electron chi connectivity index (χ4n) is 3.21. The summed E-state index contributed by atoms with van der Waals surface area (Å²) in [6, 6.07) is 1.44. The molecule has 0 aromatic heterocycles. The summed E-state index contributed by atoms with van der Waals surface area (Å²) in [6.07, 6.45) is 14.2. The smallest absolute Gasteiger partial charge is 0.411 e. The summed E-state index contributed by atoms with van der Waals surface area (Å²) in [4.78, 5) is 10.7. The minimum atomic E-state index is -0.833. The van der Waals surface area contributed by atoms with Gasteiger partial charge in [0.25, 0.3) is 0 Å². The maximum absolute atomic E-state index is 10.7. The van der Waals surface area contributed by atoms with Gasteiger partial charge in [0, 0.05) is 0 Å². The number of rotatable bonds is 7. The van der Waals surface area contributed by atoms with Crippen LogP contribution in [0.15, 0.2) is 46.6 Å². The molecule has 3 heteroatoms. The summed E-state index contributed by atoms with van der Waals surface area (Å²) in [6.45, 7) is 15.2. The fourth-order valence-corrected chi connectivity index (χ4v) is 3.21. The van der Waals surface area contributed by atoms with Crippen LogP contribution in [-0.2, 0) is 9.53 Å². The number of nitrogens with zero attached hydrogens (tertiary/aromatic N) is 1. The minimum Gasteiger partial charge on any atom is -0.450 e. The van der Waals surface area contributed by atoms with E-state index in [4.69, 9.17) is 10.00 Å². The average Bonchev–Trinajstić information content (AvgIpc) is 2.62. The highest BCUT2D eigenvalue weighted by molar-refractivity contribution is 5.85. The quantitative estimate of drug-likeness (QED) is 0.213. The van der Waals surface area contributed by atoms with Gasteiger partial charge in [-0.3, -0.25) is 0 Å². The largest absolute Gasteiger partial charge is 0.450 e. The van der Waals surface area contributed by atoms with Gasteiger partial charge >= 0.3 is 5.97 Å². The van der Waals surface area contributed by atoms with Gasteiger partial charge in [-0.25, -0.2) is 4.79 Å². The second-order valence-corrected chi connectivity index (χ2v) is 7.51. The van der Waals surface area contributed by atoms with Crippen molar-refractivity contribution in [2.75, 3.05) is 6.61 Å². The molecule has 1 aliphatic rings. The zero-order chi connectivity index (χ0) is 20.9. The van der Waals surface area contributed by atoms with E-state index in [2.05, 4.69) is 45.9 Å². The van der Waals surface area contributed by atoms with Crippen molar-refractivity contribution in [2.24, 2.45) is 5.41 Å².